The molecule has 0 aromatic carbocycles. The molecule has 642 valence electrons. The van der Waals surface area contributed by atoms with E-state index in [1.807, 2.05) is 6.08 Å². The maximum absolute atomic E-state index is 13.5. The predicted octanol–water partition coefficient (Wildman–Crippen LogP) is -1.29. The zero-order chi connectivity index (χ0) is 80.9. The van der Waals surface area contributed by atoms with Crippen molar-refractivity contribution in [2.45, 2.75) is 391 Å². The molecule has 110 heavy (non-hydrogen) atoms. The highest BCUT2D eigenvalue weighted by molar-refractivity contribution is 5.78. The normalized spacial score (nSPS) is 34.0. The van der Waals surface area contributed by atoms with E-state index < -0.39 is 242 Å². The van der Waals surface area contributed by atoms with Crippen molar-refractivity contribution >= 4 is 23.7 Å². The number of ether oxygens (including phenoxy) is 10. The van der Waals surface area contributed by atoms with Crippen molar-refractivity contribution in [1.29, 1.82) is 0 Å². The first-order chi connectivity index (χ1) is 52.8. The molecule has 28 atom stereocenters. The van der Waals surface area contributed by atoms with Gasteiger partial charge in [0.05, 0.1) is 63.9 Å². The quantitative estimate of drug-likeness (QED) is 0.0249. The van der Waals surface area contributed by atoms with Gasteiger partial charge in [-0.2, -0.15) is 0 Å². The third-order valence-electron chi connectivity index (χ3n) is 21.2. The van der Waals surface area contributed by atoms with Crippen LogP contribution < -0.4 is 16.0 Å². The topological polar surface area (TPSA) is 561 Å². The molecule has 3 amide bonds. The van der Waals surface area contributed by atoms with Crippen molar-refractivity contribution in [3.63, 3.8) is 0 Å². The molecule has 5 saturated heterocycles. The fourth-order valence-corrected chi connectivity index (χ4v) is 14.7. The summed E-state index contributed by atoms with van der Waals surface area (Å²) in [5, 5.41) is 206. The number of carboxylic acids is 1. The number of amides is 3. The lowest BCUT2D eigenvalue weighted by molar-refractivity contribution is -0.390. The van der Waals surface area contributed by atoms with Crippen molar-refractivity contribution < 1.29 is 158 Å². The van der Waals surface area contributed by atoms with Crippen molar-refractivity contribution in [3.8, 4) is 0 Å². The van der Waals surface area contributed by atoms with Crippen LogP contribution in [0.2, 0.25) is 0 Å². The van der Waals surface area contributed by atoms with Gasteiger partial charge in [-0.05, 0) is 19.3 Å². The summed E-state index contributed by atoms with van der Waals surface area (Å²) in [7, 11) is 0. The summed E-state index contributed by atoms with van der Waals surface area (Å²) in [4.78, 5) is 51.8. The summed E-state index contributed by atoms with van der Waals surface area (Å²) in [6.45, 7) is -1.64. The van der Waals surface area contributed by atoms with E-state index in [-0.39, 0.29) is 12.3 Å². The Kier molecular flexibility index (Phi) is 46.2. The number of unbranched alkanes of at least 4 members (excludes halogenated alkanes) is 27. The lowest BCUT2D eigenvalue weighted by atomic mass is 9.88. The Hall–Kier alpha value is -3.46. The van der Waals surface area contributed by atoms with E-state index in [0.717, 1.165) is 58.3 Å². The smallest absolute Gasteiger partial charge is 0.364 e. The van der Waals surface area contributed by atoms with Gasteiger partial charge in [0.2, 0.25) is 17.7 Å². The number of carboxylic acid groups (broad SMARTS) is 1. The highest BCUT2D eigenvalue weighted by Crippen LogP contribution is 2.40. The van der Waals surface area contributed by atoms with E-state index in [1.165, 1.54) is 122 Å². The minimum absolute atomic E-state index is 0.170. The maximum atomic E-state index is 13.5. The first-order valence-electron chi connectivity index (χ1n) is 40.3. The van der Waals surface area contributed by atoms with Crippen LogP contribution in [0.25, 0.3) is 0 Å². The summed E-state index contributed by atoms with van der Waals surface area (Å²) in [6, 6.07) is -4.78. The summed E-state index contributed by atoms with van der Waals surface area (Å²) >= 11 is 0. The number of hydrogen-bond donors (Lipinski definition) is 21. The second-order valence-electron chi connectivity index (χ2n) is 30.0. The molecule has 0 bridgehead atoms. The zero-order valence-electron chi connectivity index (χ0n) is 64.4. The van der Waals surface area contributed by atoms with Gasteiger partial charge >= 0.3 is 5.97 Å². The van der Waals surface area contributed by atoms with E-state index in [1.54, 1.807) is 6.08 Å². The molecular weight excluding hydrogens is 1450 g/mol. The Labute approximate surface area is 645 Å². The van der Waals surface area contributed by atoms with Crippen LogP contribution >= 0.6 is 0 Å². The predicted molar refractivity (Wildman–Crippen MR) is 389 cm³/mol. The largest absolute Gasteiger partial charge is 0.477 e. The van der Waals surface area contributed by atoms with Gasteiger partial charge in [0, 0.05) is 19.8 Å². The Balaban J connectivity index is 1.24. The fourth-order valence-electron chi connectivity index (χ4n) is 14.7. The molecule has 10 unspecified atom stereocenters. The van der Waals surface area contributed by atoms with E-state index in [2.05, 4.69) is 29.8 Å². The summed E-state index contributed by atoms with van der Waals surface area (Å²) in [6.07, 6.45) is -12.6. The number of aliphatic hydroxyl groups excluding tert-OH is 17. The van der Waals surface area contributed by atoms with Crippen LogP contribution in [0.15, 0.2) is 12.2 Å². The highest BCUT2D eigenvalue weighted by atomic mass is 16.8. The third kappa shape index (κ3) is 30.2. The van der Waals surface area contributed by atoms with Gasteiger partial charge in [-0.1, -0.05) is 193 Å². The molecule has 0 aliphatic carbocycles. The van der Waals surface area contributed by atoms with Gasteiger partial charge in [0.1, 0.15) is 123 Å². The molecule has 0 aromatic rings. The lowest BCUT2D eigenvalue weighted by Crippen LogP contribution is -2.71. The van der Waals surface area contributed by atoms with Gasteiger partial charge in [-0.25, -0.2) is 4.79 Å². The average Bonchev–Trinajstić information content (AvgIpc) is 0.745. The van der Waals surface area contributed by atoms with Crippen LogP contribution in [0.3, 0.4) is 0 Å². The minimum Gasteiger partial charge on any atom is -0.477 e. The van der Waals surface area contributed by atoms with E-state index >= 15 is 0 Å². The van der Waals surface area contributed by atoms with Gasteiger partial charge < -0.3 is 155 Å². The molecule has 0 spiro atoms. The summed E-state index contributed by atoms with van der Waals surface area (Å²) in [5.74, 6) is -7.79. The summed E-state index contributed by atoms with van der Waals surface area (Å²) in [5.41, 5.74) is 0. The Morgan fingerprint density at radius 2 is 0.918 bits per heavy atom. The second-order valence-corrected chi connectivity index (χ2v) is 30.0. The van der Waals surface area contributed by atoms with Gasteiger partial charge in [-0.3, -0.25) is 14.4 Å². The van der Waals surface area contributed by atoms with E-state index in [0.29, 0.717) is 12.8 Å². The molecule has 35 nitrogen and oxygen atoms in total. The molecule has 0 aromatic heterocycles. The van der Waals surface area contributed by atoms with Crippen molar-refractivity contribution in [3.05, 3.63) is 12.2 Å². The minimum atomic E-state index is -3.26. The van der Waals surface area contributed by atoms with Crippen LogP contribution in [0.1, 0.15) is 220 Å². The molecule has 0 saturated carbocycles. The fraction of sp³-hybridized carbons (Fsp3) is 0.920. The first-order valence-corrected chi connectivity index (χ1v) is 40.3. The standard InChI is InChI=1S/C75H135N3O32/c1-4-6-8-10-12-14-16-18-19-20-21-23-25-27-29-31-33-35-53(89)77-45(46(86)34-32-30-28-26-24-22-17-15-13-11-9-7-5-2)43-101-71-62(96)61(95)66(52(41-83)105-71)107-72-63(97)68(58(92)49(38-80)102-72)108-70-56(76-44(3)85)60(94)65(51(40-82)104-70)106-73-64(98)69(59(93)50(39-81)103-73)110-75(74(99)100)36-47(87)55(78-54(90)42-84)67(109-75)57(91)48(88)37-79/h32,34,45-52,55-73,79-84,86-88,91-98H,4-31,33,35-43H2,1-3H3,(H,76,85)(H,77,89)(H,78,90)(H,99,100)/b34-32+/t45-,46+,47?,48+,49?,50?,51?,52?,55+,56?,57+,58-,59-,60+,61+,62?,63?,64?,65+,66+,67?,68-,69-,70-,71+,72-,73-,75-/m0/s1. The molecular formula is C75H135N3O32. The Bertz CT molecular complexity index is 2560. The van der Waals surface area contributed by atoms with Crippen LogP contribution in [0, 0.1) is 0 Å². The molecule has 5 heterocycles. The third-order valence-corrected chi connectivity index (χ3v) is 21.2. The van der Waals surface area contributed by atoms with E-state index in [9.17, 15) is 111 Å². The second kappa shape index (κ2) is 52.3. The Morgan fingerprint density at radius 1 is 0.482 bits per heavy atom. The van der Waals surface area contributed by atoms with Crippen molar-refractivity contribution in [2.75, 3.05) is 46.2 Å². The zero-order valence-corrected chi connectivity index (χ0v) is 64.4. The molecule has 5 rings (SSSR count). The number of carbonyl (C=O) groups is 4. The molecule has 5 aliphatic rings. The van der Waals surface area contributed by atoms with Crippen molar-refractivity contribution in [2.24, 2.45) is 0 Å². The number of rotatable bonds is 55. The first kappa shape index (κ1) is 97.1. The number of aliphatic hydroxyl groups is 17. The Morgan fingerprint density at radius 3 is 1.38 bits per heavy atom. The van der Waals surface area contributed by atoms with Crippen LogP contribution in [-0.4, -0.2) is 333 Å². The number of carbonyl (C=O) groups excluding carboxylic acids is 3. The van der Waals surface area contributed by atoms with Gasteiger partial charge in [-0.15, -0.1) is 0 Å². The molecule has 5 aliphatic heterocycles. The number of aliphatic carboxylic acids is 1. The number of allylic oxidation sites excluding steroid dienone is 1. The summed E-state index contributed by atoms with van der Waals surface area (Å²) < 4.78 is 58.7. The lowest BCUT2D eigenvalue weighted by Gasteiger charge is -2.51. The average molecular weight is 1590 g/mol. The number of hydrogen-bond acceptors (Lipinski definition) is 31. The monoisotopic (exact) mass is 1590 g/mol. The van der Waals surface area contributed by atoms with Crippen LogP contribution in [0.5, 0.6) is 0 Å². The van der Waals surface area contributed by atoms with E-state index in [4.69, 9.17) is 47.4 Å². The SMILES string of the molecule is CCCCCCCCCCCCC/C=C/[C@@H](O)[C@H](CO[C@@H]1OC(CO)[C@@H](O[C@@H]2OC(CO)[C@H](O)[C@H](O[C@@H]3OC(CO)[C@@H](O[C@@H]4OC(CO)[C@H](O)[C@H](O[C@]5(C(=O)O)CC(O)[C@@H](NC(=O)CO)C([C@H](O)[C@H](O)CO)O5)C4O)[C@H](O)C3NC(C)=O)C2O)[C@H](O)C1O)NC(=O)CCCCCCCCCCCCCCCCCCC. The van der Waals surface area contributed by atoms with Crippen LogP contribution in [-0.2, 0) is 66.5 Å². The van der Waals surface area contributed by atoms with Crippen molar-refractivity contribution in [1.82, 2.24) is 16.0 Å². The van der Waals surface area contributed by atoms with Gasteiger partial charge in [0.15, 0.2) is 25.2 Å². The van der Waals surface area contributed by atoms with Gasteiger partial charge in [0.25, 0.3) is 5.79 Å². The molecule has 35 heteroatoms. The molecule has 21 N–H and O–H groups in total. The highest BCUT2D eigenvalue weighted by Gasteiger charge is 2.61. The molecule has 5 fully saturated rings. The number of nitrogens with one attached hydrogen (secondary N) is 3. The maximum Gasteiger partial charge on any atom is 0.364 e. The van der Waals surface area contributed by atoms with Crippen LogP contribution in [0.4, 0.5) is 0 Å². The molecule has 0 radical (unpaired) electrons.